The smallest absolute Gasteiger partial charge is 0.209 e. The van der Waals surface area contributed by atoms with Crippen LogP contribution in [-0.4, -0.2) is 24.0 Å². The summed E-state index contributed by atoms with van der Waals surface area (Å²) in [5, 5.41) is 2.40. The van der Waals surface area contributed by atoms with E-state index in [0.717, 1.165) is 29.3 Å². The van der Waals surface area contributed by atoms with Crippen molar-refractivity contribution in [1.82, 2.24) is 9.88 Å². The van der Waals surface area contributed by atoms with Crippen LogP contribution in [0, 0.1) is 0 Å². The van der Waals surface area contributed by atoms with Crippen LogP contribution in [0.2, 0.25) is 0 Å². The summed E-state index contributed by atoms with van der Waals surface area (Å²) in [5.41, 5.74) is 3.01. The SMILES string of the molecule is COc1ccc2cc(CN(C)Cc3nc4ccccc4o3)ccc2c1. The van der Waals surface area contributed by atoms with E-state index in [1.807, 2.05) is 30.3 Å². The molecule has 126 valence electrons. The Morgan fingerprint density at radius 3 is 2.60 bits per heavy atom. The average Bonchev–Trinajstić information content (AvgIpc) is 3.03. The van der Waals surface area contributed by atoms with Crippen molar-refractivity contribution in [3.05, 3.63) is 72.1 Å². The van der Waals surface area contributed by atoms with Crippen molar-refractivity contribution in [2.45, 2.75) is 13.1 Å². The summed E-state index contributed by atoms with van der Waals surface area (Å²) in [7, 11) is 3.77. The monoisotopic (exact) mass is 332 g/mol. The van der Waals surface area contributed by atoms with Crippen molar-refractivity contribution >= 4 is 21.9 Å². The summed E-state index contributed by atoms with van der Waals surface area (Å²) in [6.45, 7) is 1.51. The van der Waals surface area contributed by atoms with Gasteiger partial charge >= 0.3 is 0 Å². The molecular weight excluding hydrogens is 312 g/mol. The number of oxazole rings is 1. The third kappa shape index (κ3) is 3.35. The van der Waals surface area contributed by atoms with E-state index in [1.54, 1.807) is 7.11 Å². The fourth-order valence-corrected chi connectivity index (χ4v) is 3.08. The highest BCUT2D eigenvalue weighted by atomic mass is 16.5. The summed E-state index contributed by atoms with van der Waals surface area (Å²) >= 11 is 0. The van der Waals surface area contributed by atoms with Gasteiger partial charge in [-0.05, 0) is 53.7 Å². The molecule has 4 nitrogen and oxygen atoms in total. The molecule has 0 saturated carbocycles. The Morgan fingerprint density at radius 1 is 0.960 bits per heavy atom. The van der Waals surface area contributed by atoms with Gasteiger partial charge in [0.25, 0.3) is 0 Å². The van der Waals surface area contributed by atoms with Crippen LogP contribution in [0.3, 0.4) is 0 Å². The van der Waals surface area contributed by atoms with Crippen molar-refractivity contribution in [3.63, 3.8) is 0 Å². The minimum absolute atomic E-state index is 0.676. The van der Waals surface area contributed by atoms with Gasteiger partial charge < -0.3 is 9.15 Å². The van der Waals surface area contributed by atoms with Crippen LogP contribution in [0.25, 0.3) is 21.9 Å². The Labute approximate surface area is 146 Å². The van der Waals surface area contributed by atoms with Crippen molar-refractivity contribution in [1.29, 1.82) is 0 Å². The number of hydrogen-bond acceptors (Lipinski definition) is 4. The first kappa shape index (κ1) is 15.7. The molecule has 0 aliphatic heterocycles. The van der Waals surface area contributed by atoms with Crippen molar-refractivity contribution < 1.29 is 9.15 Å². The van der Waals surface area contributed by atoms with Gasteiger partial charge in [0.2, 0.25) is 5.89 Å². The van der Waals surface area contributed by atoms with Crippen LogP contribution < -0.4 is 4.74 Å². The molecule has 0 aliphatic rings. The molecule has 0 spiro atoms. The first-order valence-electron chi connectivity index (χ1n) is 8.31. The Hall–Kier alpha value is -2.85. The Balaban J connectivity index is 1.49. The molecule has 4 heteroatoms. The van der Waals surface area contributed by atoms with Gasteiger partial charge in [0.05, 0.1) is 13.7 Å². The predicted molar refractivity (Wildman–Crippen MR) is 99.7 cm³/mol. The number of fused-ring (bicyclic) bond motifs is 2. The van der Waals surface area contributed by atoms with Gasteiger partial charge in [-0.1, -0.05) is 30.3 Å². The van der Waals surface area contributed by atoms with E-state index in [9.17, 15) is 0 Å². The number of benzene rings is 3. The minimum atomic E-state index is 0.676. The lowest BCUT2D eigenvalue weighted by Crippen LogP contribution is -2.17. The van der Waals surface area contributed by atoms with Crippen LogP contribution in [0.15, 0.2) is 65.1 Å². The minimum Gasteiger partial charge on any atom is -0.497 e. The van der Waals surface area contributed by atoms with Gasteiger partial charge in [-0.25, -0.2) is 4.98 Å². The molecule has 0 bridgehead atoms. The van der Waals surface area contributed by atoms with Crippen LogP contribution in [0.1, 0.15) is 11.5 Å². The molecule has 1 heterocycles. The Kier molecular flexibility index (Phi) is 4.12. The van der Waals surface area contributed by atoms with Gasteiger partial charge in [0.1, 0.15) is 11.3 Å². The van der Waals surface area contributed by atoms with Crippen LogP contribution in [-0.2, 0) is 13.1 Å². The van der Waals surface area contributed by atoms with Gasteiger partial charge in [0.15, 0.2) is 5.58 Å². The number of hydrogen-bond donors (Lipinski definition) is 0. The van der Waals surface area contributed by atoms with Gasteiger partial charge in [-0.15, -0.1) is 0 Å². The van der Waals surface area contributed by atoms with Crippen molar-refractivity contribution in [2.24, 2.45) is 0 Å². The lowest BCUT2D eigenvalue weighted by Gasteiger charge is -2.15. The van der Waals surface area contributed by atoms with Crippen molar-refractivity contribution in [2.75, 3.05) is 14.2 Å². The number of para-hydroxylation sites is 2. The molecule has 0 amide bonds. The second-order valence-corrected chi connectivity index (χ2v) is 6.30. The number of ether oxygens (including phenoxy) is 1. The third-order valence-corrected chi connectivity index (χ3v) is 4.31. The molecular formula is C21H20N2O2. The highest BCUT2D eigenvalue weighted by Gasteiger charge is 2.09. The molecule has 0 saturated heterocycles. The summed E-state index contributed by atoms with van der Waals surface area (Å²) in [6.07, 6.45) is 0. The summed E-state index contributed by atoms with van der Waals surface area (Å²) in [4.78, 5) is 6.74. The second kappa shape index (κ2) is 6.57. The number of rotatable bonds is 5. The molecule has 0 fully saturated rings. The standard InChI is InChI=1S/C21H20N2O2/c1-23(14-21-22-19-5-3-4-6-20(19)25-21)13-15-7-8-17-12-18(24-2)10-9-16(17)11-15/h3-12H,13-14H2,1-2H3. The third-order valence-electron chi connectivity index (χ3n) is 4.31. The Morgan fingerprint density at radius 2 is 1.76 bits per heavy atom. The highest BCUT2D eigenvalue weighted by molar-refractivity contribution is 5.84. The zero-order chi connectivity index (χ0) is 17.2. The predicted octanol–water partition coefficient (Wildman–Crippen LogP) is 4.62. The van der Waals surface area contributed by atoms with Gasteiger partial charge in [-0.2, -0.15) is 0 Å². The molecule has 0 radical (unpaired) electrons. The number of methoxy groups -OCH3 is 1. The number of aromatic nitrogens is 1. The van der Waals surface area contributed by atoms with Crippen LogP contribution in [0.5, 0.6) is 5.75 Å². The molecule has 3 aromatic carbocycles. The molecule has 0 unspecified atom stereocenters. The number of nitrogens with zero attached hydrogens (tertiary/aromatic N) is 2. The maximum Gasteiger partial charge on any atom is 0.209 e. The van der Waals surface area contributed by atoms with Gasteiger partial charge in [-0.3, -0.25) is 4.90 Å². The fourth-order valence-electron chi connectivity index (χ4n) is 3.08. The molecule has 4 aromatic rings. The average molecular weight is 332 g/mol. The van der Waals surface area contributed by atoms with Crippen LogP contribution >= 0.6 is 0 Å². The van der Waals surface area contributed by atoms with E-state index in [-0.39, 0.29) is 0 Å². The maximum absolute atomic E-state index is 5.81. The highest BCUT2D eigenvalue weighted by Crippen LogP contribution is 2.23. The first-order valence-corrected chi connectivity index (χ1v) is 8.31. The normalized spacial score (nSPS) is 11.5. The molecule has 25 heavy (non-hydrogen) atoms. The molecule has 0 aliphatic carbocycles. The largest absolute Gasteiger partial charge is 0.497 e. The molecule has 0 N–H and O–H groups in total. The summed E-state index contributed by atoms with van der Waals surface area (Å²) < 4.78 is 11.1. The lowest BCUT2D eigenvalue weighted by atomic mass is 10.1. The van der Waals surface area contributed by atoms with E-state index in [4.69, 9.17) is 9.15 Å². The Bertz CT molecular complexity index is 990. The fraction of sp³-hybridized carbons (Fsp3) is 0.190. The lowest BCUT2D eigenvalue weighted by molar-refractivity contribution is 0.285. The molecule has 4 rings (SSSR count). The van der Waals surface area contributed by atoms with E-state index in [0.29, 0.717) is 6.54 Å². The molecule has 0 atom stereocenters. The topological polar surface area (TPSA) is 38.5 Å². The van der Waals surface area contributed by atoms with Crippen LogP contribution in [0.4, 0.5) is 0 Å². The maximum atomic E-state index is 5.81. The zero-order valence-corrected chi connectivity index (χ0v) is 14.4. The first-order chi connectivity index (χ1) is 12.2. The second-order valence-electron chi connectivity index (χ2n) is 6.30. The van der Waals surface area contributed by atoms with E-state index >= 15 is 0 Å². The van der Waals surface area contributed by atoms with Crippen molar-refractivity contribution in [3.8, 4) is 5.75 Å². The zero-order valence-electron chi connectivity index (χ0n) is 14.4. The van der Waals surface area contributed by atoms with Gasteiger partial charge in [0, 0.05) is 6.54 Å². The van der Waals surface area contributed by atoms with E-state index in [2.05, 4.69) is 47.3 Å². The van der Waals surface area contributed by atoms with E-state index < -0.39 is 0 Å². The molecule has 1 aromatic heterocycles. The quantitative estimate of drug-likeness (QED) is 0.534. The summed E-state index contributed by atoms with van der Waals surface area (Å²) in [5.74, 6) is 1.63. The summed E-state index contributed by atoms with van der Waals surface area (Å²) in [6, 6.07) is 20.5. The van der Waals surface area contributed by atoms with E-state index in [1.165, 1.54) is 16.3 Å².